The predicted molar refractivity (Wildman–Crippen MR) is 110 cm³/mol. The molecule has 1 aromatic rings. The molecule has 0 bridgehead atoms. The number of hydrogen-bond donors (Lipinski definition) is 1. The summed E-state index contributed by atoms with van der Waals surface area (Å²) in [5.74, 6) is -1.26. The van der Waals surface area contributed by atoms with E-state index in [0.717, 1.165) is 12.8 Å². The van der Waals surface area contributed by atoms with E-state index < -0.39 is 29.9 Å². The summed E-state index contributed by atoms with van der Waals surface area (Å²) in [4.78, 5) is 50.2. The molecule has 9 heteroatoms. The van der Waals surface area contributed by atoms with Crippen molar-refractivity contribution in [3.05, 3.63) is 34.9 Å². The van der Waals surface area contributed by atoms with Crippen molar-refractivity contribution in [3.8, 4) is 0 Å². The first kappa shape index (κ1) is 23.7. The number of carbonyl (C=O) groups is 4. The lowest BCUT2D eigenvalue weighted by Gasteiger charge is -2.43. The van der Waals surface area contributed by atoms with E-state index in [1.54, 1.807) is 24.3 Å². The lowest BCUT2D eigenvalue weighted by atomic mass is 9.74. The SMILES string of the molecule is CC(=O)NC(C)C(=O)OC(C)OC(=O)N(C)[C@@]1(c2ccccc2Cl)CCCCC1=O. The summed E-state index contributed by atoms with van der Waals surface area (Å²) in [7, 11) is 1.48. The van der Waals surface area contributed by atoms with Crippen molar-refractivity contribution in [2.24, 2.45) is 0 Å². The van der Waals surface area contributed by atoms with Crippen molar-refractivity contribution in [2.45, 2.75) is 64.3 Å². The van der Waals surface area contributed by atoms with Gasteiger partial charge in [-0.05, 0) is 32.3 Å². The van der Waals surface area contributed by atoms with Crippen molar-refractivity contribution >= 4 is 35.4 Å². The molecule has 0 aliphatic heterocycles. The molecule has 2 unspecified atom stereocenters. The number of ether oxygens (including phenoxy) is 2. The quantitative estimate of drug-likeness (QED) is 0.540. The summed E-state index contributed by atoms with van der Waals surface area (Å²) in [6.07, 6.45) is 0.177. The minimum Gasteiger partial charge on any atom is -0.424 e. The number of benzene rings is 1. The lowest BCUT2D eigenvalue weighted by molar-refractivity contribution is -0.170. The third kappa shape index (κ3) is 5.11. The third-order valence-corrected chi connectivity index (χ3v) is 5.47. The number of rotatable bonds is 6. The van der Waals surface area contributed by atoms with Crippen LogP contribution in [0.5, 0.6) is 0 Å². The van der Waals surface area contributed by atoms with Gasteiger partial charge in [-0.3, -0.25) is 14.5 Å². The second-order valence-corrected chi connectivity index (χ2v) is 7.75. The smallest absolute Gasteiger partial charge is 0.413 e. The zero-order chi connectivity index (χ0) is 22.5. The topological polar surface area (TPSA) is 102 Å². The van der Waals surface area contributed by atoms with Gasteiger partial charge in [-0.15, -0.1) is 0 Å². The second-order valence-electron chi connectivity index (χ2n) is 7.34. The van der Waals surface area contributed by atoms with Gasteiger partial charge < -0.3 is 14.8 Å². The van der Waals surface area contributed by atoms with Gasteiger partial charge in [0.1, 0.15) is 11.6 Å². The van der Waals surface area contributed by atoms with Gasteiger partial charge in [-0.25, -0.2) is 9.59 Å². The van der Waals surface area contributed by atoms with Crippen molar-refractivity contribution in [3.63, 3.8) is 0 Å². The highest BCUT2D eigenvalue weighted by atomic mass is 35.5. The Morgan fingerprint density at radius 2 is 1.83 bits per heavy atom. The molecule has 1 aliphatic rings. The van der Waals surface area contributed by atoms with Crippen LogP contribution in [-0.2, 0) is 29.4 Å². The largest absolute Gasteiger partial charge is 0.424 e. The first-order chi connectivity index (χ1) is 14.1. The number of halogens is 1. The maximum atomic E-state index is 13.0. The first-order valence-corrected chi connectivity index (χ1v) is 10.2. The molecule has 2 amide bonds. The second kappa shape index (κ2) is 9.93. The van der Waals surface area contributed by atoms with Crippen LogP contribution in [0.3, 0.4) is 0 Å². The Kier molecular flexibility index (Phi) is 7.83. The van der Waals surface area contributed by atoms with Crippen LogP contribution in [0.1, 0.15) is 52.0 Å². The minimum atomic E-state index is -1.25. The van der Waals surface area contributed by atoms with Gasteiger partial charge in [0.15, 0.2) is 5.78 Å². The Hall–Kier alpha value is -2.61. The molecule has 0 heterocycles. The molecule has 1 saturated carbocycles. The number of ketones is 1. The van der Waals surface area contributed by atoms with E-state index in [0.29, 0.717) is 23.4 Å². The molecule has 8 nitrogen and oxygen atoms in total. The van der Waals surface area contributed by atoms with Gasteiger partial charge in [0, 0.05) is 37.9 Å². The number of nitrogens with zero attached hydrogens (tertiary/aromatic N) is 1. The van der Waals surface area contributed by atoms with Crippen LogP contribution >= 0.6 is 11.6 Å². The minimum absolute atomic E-state index is 0.120. The number of hydrogen-bond acceptors (Lipinski definition) is 6. The molecule has 30 heavy (non-hydrogen) atoms. The number of likely N-dealkylation sites (N-methyl/N-ethyl adjacent to an activating group) is 1. The van der Waals surface area contributed by atoms with E-state index in [1.165, 1.54) is 32.7 Å². The van der Waals surface area contributed by atoms with E-state index in [9.17, 15) is 19.2 Å². The van der Waals surface area contributed by atoms with Gasteiger partial charge in [0.25, 0.3) is 0 Å². The van der Waals surface area contributed by atoms with Crippen molar-refractivity contribution in [2.75, 3.05) is 7.05 Å². The molecule has 0 spiro atoms. The molecular weight excluding hydrogens is 412 g/mol. The van der Waals surface area contributed by atoms with Crippen LogP contribution in [0.15, 0.2) is 24.3 Å². The number of carbonyl (C=O) groups excluding carboxylic acids is 4. The van der Waals surface area contributed by atoms with Gasteiger partial charge in [0.2, 0.25) is 12.2 Å². The van der Waals surface area contributed by atoms with E-state index in [-0.39, 0.29) is 11.7 Å². The number of esters is 1. The number of amides is 2. The van der Waals surface area contributed by atoms with Crippen molar-refractivity contribution in [1.29, 1.82) is 0 Å². The molecule has 3 atom stereocenters. The zero-order valence-corrected chi connectivity index (χ0v) is 18.3. The van der Waals surface area contributed by atoms with Crippen molar-refractivity contribution in [1.82, 2.24) is 10.2 Å². The predicted octanol–water partition coefficient (Wildman–Crippen LogP) is 3.16. The molecule has 164 valence electrons. The normalized spacial score (nSPS) is 20.6. The average Bonchev–Trinajstić information content (AvgIpc) is 2.67. The molecule has 1 aromatic carbocycles. The standard InChI is InChI=1S/C21H27ClN2O6/c1-13(23-14(2)25)19(27)29-15(3)30-20(28)24(4)21(12-8-7-11-18(21)26)16-9-5-6-10-17(16)22/h5-6,9-10,13,15H,7-8,11-12H2,1-4H3,(H,23,25)/t13?,15?,21-/m1/s1. The van der Waals surface area contributed by atoms with E-state index in [2.05, 4.69) is 5.32 Å². The fourth-order valence-electron chi connectivity index (χ4n) is 3.66. The highest BCUT2D eigenvalue weighted by Crippen LogP contribution is 2.42. The molecule has 1 aliphatic carbocycles. The van der Waals surface area contributed by atoms with Gasteiger partial charge in [-0.1, -0.05) is 29.8 Å². The summed E-state index contributed by atoms with van der Waals surface area (Å²) in [6, 6.07) is 6.03. The monoisotopic (exact) mass is 438 g/mol. The maximum absolute atomic E-state index is 13.0. The average molecular weight is 439 g/mol. The zero-order valence-electron chi connectivity index (χ0n) is 17.6. The van der Waals surface area contributed by atoms with Crippen LogP contribution in [-0.4, -0.2) is 48.0 Å². The van der Waals surface area contributed by atoms with Gasteiger partial charge >= 0.3 is 12.1 Å². The summed E-state index contributed by atoms with van der Waals surface area (Å²) < 4.78 is 10.3. The first-order valence-electron chi connectivity index (χ1n) is 9.80. The summed E-state index contributed by atoms with van der Waals surface area (Å²) >= 11 is 6.38. The van der Waals surface area contributed by atoms with Crippen molar-refractivity contribution < 1.29 is 28.7 Å². The van der Waals surface area contributed by atoms with Gasteiger partial charge in [0.05, 0.1) is 0 Å². The Bertz CT molecular complexity index is 829. The van der Waals surface area contributed by atoms with Crippen LogP contribution in [0.25, 0.3) is 0 Å². The van der Waals surface area contributed by atoms with Crippen LogP contribution in [0, 0.1) is 0 Å². The lowest BCUT2D eigenvalue weighted by Crippen LogP contribution is -2.55. The summed E-state index contributed by atoms with van der Waals surface area (Å²) in [6.45, 7) is 4.12. The Balaban J connectivity index is 2.18. The van der Waals surface area contributed by atoms with E-state index in [4.69, 9.17) is 21.1 Å². The fraction of sp³-hybridized carbons (Fsp3) is 0.524. The third-order valence-electron chi connectivity index (χ3n) is 5.14. The molecule has 0 radical (unpaired) electrons. The molecule has 0 saturated heterocycles. The maximum Gasteiger partial charge on any atom is 0.413 e. The fourth-order valence-corrected chi connectivity index (χ4v) is 3.95. The summed E-state index contributed by atoms with van der Waals surface area (Å²) in [5, 5.41) is 2.78. The van der Waals surface area contributed by atoms with Gasteiger partial charge in [-0.2, -0.15) is 0 Å². The highest BCUT2D eigenvalue weighted by molar-refractivity contribution is 6.31. The highest BCUT2D eigenvalue weighted by Gasteiger charge is 2.48. The number of Topliss-reactive ketones (excluding diaryl/α,β-unsaturated/α-hetero) is 1. The molecule has 1 N–H and O–H groups in total. The molecule has 0 aromatic heterocycles. The Morgan fingerprint density at radius 1 is 1.17 bits per heavy atom. The molecule has 2 rings (SSSR count). The summed E-state index contributed by atoms with van der Waals surface area (Å²) in [5.41, 5.74) is -0.708. The Morgan fingerprint density at radius 3 is 2.43 bits per heavy atom. The molecule has 1 fully saturated rings. The van der Waals surface area contributed by atoms with Crippen LogP contribution in [0.2, 0.25) is 5.02 Å². The van der Waals surface area contributed by atoms with Crippen LogP contribution in [0.4, 0.5) is 4.79 Å². The van der Waals surface area contributed by atoms with E-state index in [1.807, 2.05) is 0 Å². The Labute approximate surface area is 180 Å². The molecular formula is C21H27ClN2O6. The van der Waals surface area contributed by atoms with E-state index >= 15 is 0 Å². The number of nitrogens with one attached hydrogen (secondary N) is 1. The van der Waals surface area contributed by atoms with Crippen LogP contribution < -0.4 is 5.32 Å².